The van der Waals surface area contributed by atoms with Crippen LogP contribution in [0.1, 0.15) is 0 Å². The van der Waals surface area contributed by atoms with Crippen molar-refractivity contribution in [1.29, 1.82) is 0 Å². The Balaban J connectivity index is 1.83. The Morgan fingerprint density at radius 2 is 2.19 bits per heavy atom. The van der Waals surface area contributed by atoms with Crippen molar-refractivity contribution < 1.29 is 18.8 Å². The van der Waals surface area contributed by atoms with Gasteiger partial charge in [0, 0.05) is 13.1 Å². The van der Waals surface area contributed by atoms with E-state index in [1.165, 1.54) is 18.2 Å². The predicted octanol–water partition coefficient (Wildman–Crippen LogP) is 2.30. The van der Waals surface area contributed by atoms with Crippen LogP contribution in [0.4, 0.5) is 19.7 Å². The molecule has 0 unspecified atom stereocenters. The number of imide groups is 1. The number of nitrogens with zero attached hydrogens (tertiary/aromatic N) is 1. The molecule has 0 radical (unpaired) electrons. The summed E-state index contributed by atoms with van der Waals surface area (Å²) in [6.07, 6.45) is 0. The highest BCUT2D eigenvalue weighted by molar-refractivity contribution is 8.14. The minimum Gasteiger partial charge on any atom is -0.336 e. The minimum atomic E-state index is -0.672. The van der Waals surface area contributed by atoms with Gasteiger partial charge in [-0.2, -0.15) is 0 Å². The molecule has 0 aliphatic carbocycles. The fourth-order valence-corrected chi connectivity index (χ4v) is 2.62. The van der Waals surface area contributed by atoms with Gasteiger partial charge in [-0.1, -0.05) is 29.4 Å². The van der Waals surface area contributed by atoms with Crippen molar-refractivity contribution in [2.24, 2.45) is 0 Å². The van der Waals surface area contributed by atoms with Crippen LogP contribution in [0.5, 0.6) is 0 Å². The van der Waals surface area contributed by atoms with Crippen LogP contribution < -0.4 is 10.6 Å². The number of nitrogens with one attached hydrogen (secondary N) is 2. The smallest absolute Gasteiger partial charge is 0.319 e. The summed E-state index contributed by atoms with van der Waals surface area (Å²) in [4.78, 5) is 35.3. The summed E-state index contributed by atoms with van der Waals surface area (Å²) in [5.41, 5.74) is -0.124. The molecule has 1 aliphatic heterocycles. The van der Waals surface area contributed by atoms with Crippen molar-refractivity contribution in [1.82, 2.24) is 10.2 Å². The van der Waals surface area contributed by atoms with E-state index in [4.69, 9.17) is 11.6 Å². The fraction of sp³-hybridized carbons (Fsp3) is 0.250. The van der Waals surface area contributed by atoms with Crippen molar-refractivity contribution in [3.8, 4) is 0 Å². The number of carbonyl (C=O) groups is 3. The molecule has 1 aromatic carbocycles. The molecule has 2 N–H and O–H groups in total. The van der Waals surface area contributed by atoms with Gasteiger partial charge in [-0.15, -0.1) is 0 Å². The van der Waals surface area contributed by atoms with E-state index in [2.05, 4.69) is 10.6 Å². The molecule has 1 aliphatic rings. The number of urea groups is 1. The standard InChI is InChI=1S/C12H11ClFN3O3S/c13-7-2-1-3-8(14)10(7)16-11(19)15-4-5-17-9(18)6-21-12(17)20/h1-3H,4-6H2,(H2,15,16,19). The zero-order valence-corrected chi connectivity index (χ0v) is 12.3. The number of anilines is 1. The normalized spacial score (nSPS) is 14.5. The Morgan fingerprint density at radius 3 is 2.81 bits per heavy atom. The van der Waals surface area contributed by atoms with Crippen LogP contribution in [0, 0.1) is 5.82 Å². The Labute approximate surface area is 129 Å². The molecular formula is C12H11ClFN3O3S. The highest BCUT2D eigenvalue weighted by Gasteiger charge is 2.29. The average molecular weight is 332 g/mol. The van der Waals surface area contributed by atoms with Crippen molar-refractivity contribution in [2.45, 2.75) is 0 Å². The lowest BCUT2D eigenvalue weighted by molar-refractivity contribution is -0.124. The van der Waals surface area contributed by atoms with Gasteiger partial charge in [-0.3, -0.25) is 14.5 Å². The first-order valence-corrected chi connectivity index (χ1v) is 7.31. The number of rotatable bonds is 4. The van der Waals surface area contributed by atoms with Gasteiger partial charge in [0.05, 0.1) is 16.5 Å². The third-order valence-electron chi connectivity index (χ3n) is 2.66. The maximum absolute atomic E-state index is 13.5. The lowest BCUT2D eigenvalue weighted by atomic mass is 10.3. The molecule has 0 atom stereocenters. The van der Waals surface area contributed by atoms with Crippen LogP contribution in [0.25, 0.3) is 0 Å². The second kappa shape index (κ2) is 6.77. The van der Waals surface area contributed by atoms with Crippen molar-refractivity contribution in [3.63, 3.8) is 0 Å². The Morgan fingerprint density at radius 1 is 1.43 bits per heavy atom. The predicted molar refractivity (Wildman–Crippen MR) is 78.0 cm³/mol. The maximum Gasteiger partial charge on any atom is 0.319 e. The molecule has 1 aromatic rings. The van der Waals surface area contributed by atoms with E-state index >= 15 is 0 Å². The molecule has 0 bridgehead atoms. The van der Waals surface area contributed by atoms with E-state index in [9.17, 15) is 18.8 Å². The summed E-state index contributed by atoms with van der Waals surface area (Å²) < 4.78 is 13.5. The number of para-hydroxylation sites is 1. The van der Waals surface area contributed by atoms with Crippen molar-refractivity contribution in [3.05, 3.63) is 29.0 Å². The Bertz CT molecular complexity index is 563. The number of carbonyl (C=O) groups excluding carboxylic acids is 3. The third-order valence-corrected chi connectivity index (χ3v) is 3.84. The third kappa shape index (κ3) is 3.85. The zero-order chi connectivity index (χ0) is 15.4. The van der Waals surface area contributed by atoms with Crippen LogP contribution in [0.2, 0.25) is 5.02 Å². The maximum atomic E-state index is 13.5. The van der Waals surface area contributed by atoms with E-state index in [0.29, 0.717) is 0 Å². The van der Waals surface area contributed by atoms with E-state index < -0.39 is 11.8 Å². The lowest BCUT2D eigenvalue weighted by Gasteiger charge is -2.14. The SMILES string of the molecule is O=C(NCCN1C(=O)CSC1=O)Nc1c(F)cccc1Cl. The van der Waals surface area contributed by atoms with Gasteiger partial charge >= 0.3 is 6.03 Å². The molecule has 112 valence electrons. The number of amides is 4. The summed E-state index contributed by atoms with van der Waals surface area (Å²) in [5.74, 6) is -0.820. The summed E-state index contributed by atoms with van der Waals surface area (Å²) >= 11 is 6.69. The summed E-state index contributed by atoms with van der Waals surface area (Å²) in [6, 6.07) is 3.36. The second-order valence-corrected chi connectivity index (χ2v) is 5.41. The molecule has 9 heteroatoms. The molecule has 21 heavy (non-hydrogen) atoms. The van der Waals surface area contributed by atoms with Gasteiger partial charge < -0.3 is 10.6 Å². The number of hydrogen-bond acceptors (Lipinski definition) is 4. The second-order valence-electron chi connectivity index (χ2n) is 4.08. The number of hydrogen-bond donors (Lipinski definition) is 2. The van der Waals surface area contributed by atoms with Gasteiger partial charge in [-0.25, -0.2) is 9.18 Å². The van der Waals surface area contributed by atoms with E-state index in [1.54, 1.807) is 0 Å². The van der Waals surface area contributed by atoms with E-state index in [-0.39, 0.29) is 40.7 Å². The first kappa shape index (κ1) is 15.6. The van der Waals surface area contributed by atoms with Crippen LogP contribution in [-0.2, 0) is 4.79 Å². The number of benzene rings is 1. The lowest BCUT2D eigenvalue weighted by Crippen LogP contribution is -2.39. The Hall–Kier alpha value is -1.80. The van der Waals surface area contributed by atoms with Crippen molar-refractivity contribution >= 4 is 46.2 Å². The van der Waals surface area contributed by atoms with Gasteiger partial charge in [0.1, 0.15) is 5.82 Å². The fourth-order valence-electron chi connectivity index (χ4n) is 1.65. The molecule has 0 aromatic heterocycles. The summed E-state index contributed by atoms with van der Waals surface area (Å²) in [6.45, 7) is 0.138. The topological polar surface area (TPSA) is 78.5 Å². The van der Waals surface area contributed by atoms with Gasteiger partial charge in [0.2, 0.25) is 5.91 Å². The summed E-state index contributed by atoms with van der Waals surface area (Å²) in [5, 5.41) is 4.44. The monoisotopic (exact) mass is 331 g/mol. The molecule has 6 nitrogen and oxygen atoms in total. The van der Waals surface area contributed by atoms with Crippen LogP contribution >= 0.6 is 23.4 Å². The molecule has 1 saturated heterocycles. The zero-order valence-electron chi connectivity index (χ0n) is 10.7. The Kier molecular flexibility index (Phi) is 5.03. The molecule has 2 rings (SSSR count). The molecule has 0 spiro atoms. The van der Waals surface area contributed by atoms with Gasteiger partial charge in [0.25, 0.3) is 5.24 Å². The highest BCUT2D eigenvalue weighted by Crippen LogP contribution is 2.24. The van der Waals surface area contributed by atoms with Gasteiger partial charge in [-0.05, 0) is 12.1 Å². The summed E-state index contributed by atoms with van der Waals surface area (Å²) in [7, 11) is 0. The van der Waals surface area contributed by atoms with Crippen LogP contribution in [0.15, 0.2) is 18.2 Å². The quantitative estimate of drug-likeness (QED) is 0.887. The number of halogens is 2. The van der Waals surface area contributed by atoms with E-state index in [0.717, 1.165) is 16.7 Å². The molecule has 4 amide bonds. The average Bonchev–Trinajstić information content (AvgIpc) is 2.75. The minimum absolute atomic E-state index is 0.0654. The van der Waals surface area contributed by atoms with Gasteiger partial charge in [0.15, 0.2) is 0 Å². The number of thioether (sulfide) groups is 1. The van der Waals surface area contributed by atoms with E-state index in [1.807, 2.05) is 0 Å². The van der Waals surface area contributed by atoms with Crippen molar-refractivity contribution in [2.75, 3.05) is 24.2 Å². The first-order chi connectivity index (χ1) is 9.99. The van der Waals surface area contributed by atoms with Crippen LogP contribution in [0.3, 0.4) is 0 Å². The highest BCUT2D eigenvalue weighted by atomic mass is 35.5. The van der Waals surface area contributed by atoms with Crippen LogP contribution in [-0.4, -0.2) is 40.9 Å². The molecular weight excluding hydrogens is 321 g/mol. The molecule has 1 fully saturated rings. The molecule has 0 saturated carbocycles. The first-order valence-electron chi connectivity index (χ1n) is 5.95. The largest absolute Gasteiger partial charge is 0.336 e. The molecule has 1 heterocycles.